The first-order chi connectivity index (χ1) is 12.1. The van der Waals surface area contributed by atoms with Crippen molar-refractivity contribution in [2.24, 2.45) is 7.05 Å². The predicted octanol–water partition coefficient (Wildman–Crippen LogP) is 1.14. The Morgan fingerprint density at radius 1 is 1.28 bits per heavy atom. The van der Waals surface area contributed by atoms with Crippen molar-refractivity contribution in [2.75, 3.05) is 29.9 Å². The van der Waals surface area contributed by atoms with E-state index >= 15 is 0 Å². The molecule has 8 heteroatoms. The highest BCUT2D eigenvalue weighted by molar-refractivity contribution is 5.94. The van der Waals surface area contributed by atoms with Gasteiger partial charge < -0.3 is 15.1 Å². The van der Waals surface area contributed by atoms with Gasteiger partial charge in [0.05, 0.1) is 11.8 Å². The van der Waals surface area contributed by atoms with E-state index in [9.17, 15) is 4.79 Å². The molecule has 2 aromatic heterocycles. The summed E-state index contributed by atoms with van der Waals surface area (Å²) in [4.78, 5) is 25.5. The third-order valence-electron chi connectivity index (χ3n) is 4.75. The Morgan fingerprint density at radius 2 is 2.12 bits per heavy atom. The Bertz CT molecular complexity index is 770. The zero-order valence-corrected chi connectivity index (χ0v) is 14.6. The highest BCUT2D eigenvalue weighted by Crippen LogP contribution is 2.25. The summed E-state index contributed by atoms with van der Waals surface area (Å²) < 4.78 is 1.66. The highest BCUT2D eigenvalue weighted by atomic mass is 16.2. The fraction of sp³-hybridized carbons (Fsp3) is 0.529. The van der Waals surface area contributed by atoms with E-state index in [-0.39, 0.29) is 11.9 Å². The number of piperazine rings is 1. The summed E-state index contributed by atoms with van der Waals surface area (Å²) in [5.74, 6) is 1.84. The molecular weight excluding hydrogens is 318 g/mol. The normalized spacial score (nSPS) is 20.6. The zero-order chi connectivity index (χ0) is 17.4. The van der Waals surface area contributed by atoms with Crippen molar-refractivity contribution in [1.29, 1.82) is 0 Å². The van der Waals surface area contributed by atoms with Gasteiger partial charge >= 0.3 is 0 Å². The van der Waals surface area contributed by atoms with Crippen LogP contribution in [0.5, 0.6) is 0 Å². The van der Waals surface area contributed by atoms with E-state index in [2.05, 4.69) is 32.2 Å². The topological polar surface area (TPSA) is 79.2 Å². The minimum absolute atomic E-state index is 0.0408. The number of carbonyl (C=O) groups excluding carboxylic acids is 1. The minimum Gasteiger partial charge on any atom is -0.367 e. The SMILES string of the molecule is C[C@H]1CN(c2cc(NC3CC3)ncn2)CCN1C(=O)c1cnn(C)c1. The molecule has 1 aliphatic heterocycles. The molecule has 1 atom stereocenters. The maximum Gasteiger partial charge on any atom is 0.257 e. The van der Waals surface area contributed by atoms with Crippen LogP contribution in [0.4, 0.5) is 11.6 Å². The molecule has 3 heterocycles. The second kappa shape index (κ2) is 6.34. The van der Waals surface area contributed by atoms with Crippen LogP contribution in [-0.4, -0.2) is 62.3 Å². The van der Waals surface area contributed by atoms with E-state index in [4.69, 9.17) is 0 Å². The van der Waals surface area contributed by atoms with Gasteiger partial charge in [0.2, 0.25) is 0 Å². The van der Waals surface area contributed by atoms with Gasteiger partial charge in [-0.15, -0.1) is 0 Å². The minimum atomic E-state index is 0.0408. The van der Waals surface area contributed by atoms with Crippen LogP contribution in [-0.2, 0) is 7.05 Å². The Labute approximate surface area is 146 Å². The van der Waals surface area contributed by atoms with Gasteiger partial charge in [-0.2, -0.15) is 5.10 Å². The van der Waals surface area contributed by atoms with Gasteiger partial charge in [-0.1, -0.05) is 0 Å². The van der Waals surface area contributed by atoms with Gasteiger partial charge in [0, 0.05) is 51.0 Å². The molecule has 0 bridgehead atoms. The van der Waals surface area contributed by atoms with Gasteiger partial charge in [-0.25, -0.2) is 9.97 Å². The fourth-order valence-electron chi connectivity index (χ4n) is 3.20. The molecule has 1 saturated carbocycles. The van der Waals surface area contributed by atoms with Crippen LogP contribution in [0.15, 0.2) is 24.8 Å². The lowest BCUT2D eigenvalue weighted by Crippen LogP contribution is -2.54. The Hall–Kier alpha value is -2.64. The molecule has 0 aromatic carbocycles. The molecule has 1 aliphatic carbocycles. The molecule has 8 nitrogen and oxygen atoms in total. The van der Waals surface area contributed by atoms with E-state index in [0.29, 0.717) is 18.2 Å². The first-order valence-electron chi connectivity index (χ1n) is 8.73. The molecular formula is C17H23N7O. The molecule has 1 amide bonds. The van der Waals surface area contributed by atoms with Gasteiger partial charge in [0.25, 0.3) is 5.91 Å². The van der Waals surface area contributed by atoms with Crippen LogP contribution in [0.1, 0.15) is 30.1 Å². The van der Waals surface area contributed by atoms with E-state index < -0.39 is 0 Å². The number of amides is 1. The number of rotatable bonds is 4. The van der Waals surface area contributed by atoms with Crippen LogP contribution >= 0.6 is 0 Å². The summed E-state index contributed by atoms with van der Waals surface area (Å²) in [7, 11) is 1.82. The van der Waals surface area contributed by atoms with Crippen molar-refractivity contribution in [1.82, 2.24) is 24.6 Å². The van der Waals surface area contributed by atoms with Crippen molar-refractivity contribution in [3.8, 4) is 0 Å². The van der Waals surface area contributed by atoms with Crippen molar-refractivity contribution < 1.29 is 4.79 Å². The van der Waals surface area contributed by atoms with Crippen molar-refractivity contribution in [3.63, 3.8) is 0 Å². The summed E-state index contributed by atoms with van der Waals surface area (Å²) in [5, 5.41) is 7.50. The Balaban J connectivity index is 1.43. The van der Waals surface area contributed by atoms with E-state index in [1.54, 1.807) is 23.4 Å². The first-order valence-corrected chi connectivity index (χ1v) is 8.73. The highest BCUT2D eigenvalue weighted by Gasteiger charge is 2.29. The monoisotopic (exact) mass is 341 g/mol. The van der Waals surface area contributed by atoms with E-state index in [1.807, 2.05) is 18.0 Å². The Morgan fingerprint density at radius 3 is 2.80 bits per heavy atom. The third-order valence-corrected chi connectivity index (χ3v) is 4.75. The quantitative estimate of drug-likeness (QED) is 0.898. The standard InChI is InChI=1S/C17H23N7O/c1-12-9-23(16-7-15(18-11-19-16)21-14-3-4-14)5-6-24(12)17(25)13-8-20-22(2)10-13/h7-8,10-12,14H,3-6,9H2,1-2H3,(H,18,19,21)/t12-/m0/s1. The average molecular weight is 341 g/mol. The summed E-state index contributed by atoms with van der Waals surface area (Å²) in [6.07, 6.45) is 7.43. The maximum atomic E-state index is 12.7. The number of nitrogens with one attached hydrogen (secondary N) is 1. The molecule has 1 saturated heterocycles. The van der Waals surface area contributed by atoms with E-state index in [1.165, 1.54) is 12.8 Å². The summed E-state index contributed by atoms with van der Waals surface area (Å²) >= 11 is 0. The first kappa shape index (κ1) is 15.9. The van der Waals surface area contributed by atoms with Crippen LogP contribution in [0, 0.1) is 0 Å². The van der Waals surface area contributed by atoms with Crippen LogP contribution in [0.3, 0.4) is 0 Å². The molecule has 25 heavy (non-hydrogen) atoms. The maximum absolute atomic E-state index is 12.7. The van der Waals surface area contributed by atoms with Crippen LogP contribution < -0.4 is 10.2 Å². The molecule has 1 N–H and O–H groups in total. The lowest BCUT2D eigenvalue weighted by atomic mass is 10.1. The number of carbonyl (C=O) groups is 1. The van der Waals surface area contributed by atoms with Crippen molar-refractivity contribution in [3.05, 3.63) is 30.4 Å². The van der Waals surface area contributed by atoms with Crippen molar-refractivity contribution in [2.45, 2.75) is 31.8 Å². The number of hydrogen-bond acceptors (Lipinski definition) is 6. The smallest absolute Gasteiger partial charge is 0.257 e. The summed E-state index contributed by atoms with van der Waals surface area (Å²) in [6, 6.07) is 2.68. The van der Waals surface area contributed by atoms with Gasteiger partial charge in [-0.05, 0) is 19.8 Å². The molecule has 2 aromatic rings. The summed E-state index contributed by atoms with van der Waals surface area (Å²) in [5.41, 5.74) is 0.640. The molecule has 2 aliphatic rings. The molecule has 4 rings (SSSR count). The number of aromatic nitrogens is 4. The fourth-order valence-corrected chi connectivity index (χ4v) is 3.20. The number of aryl methyl sites for hydroxylation is 1. The van der Waals surface area contributed by atoms with Crippen LogP contribution in [0.25, 0.3) is 0 Å². The number of anilines is 2. The van der Waals surface area contributed by atoms with Crippen molar-refractivity contribution >= 4 is 17.5 Å². The molecule has 2 fully saturated rings. The largest absolute Gasteiger partial charge is 0.367 e. The van der Waals surface area contributed by atoms with Crippen LogP contribution in [0.2, 0.25) is 0 Å². The molecule has 0 unspecified atom stereocenters. The second-order valence-electron chi connectivity index (χ2n) is 6.88. The predicted molar refractivity (Wildman–Crippen MR) is 94.6 cm³/mol. The molecule has 132 valence electrons. The summed E-state index contributed by atoms with van der Waals surface area (Å²) in [6.45, 7) is 4.26. The molecule has 0 radical (unpaired) electrons. The van der Waals surface area contributed by atoms with Gasteiger partial charge in [0.1, 0.15) is 18.0 Å². The van der Waals surface area contributed by atoms with E-state index in [0.717, 1.165) is 24.7 Å². The third kappa shape index (κ3) is 3.42. The lowest BCUT2D eigenvalue weighted by molar-refractivity contribution is 0.0673. The Kier molecular flexibility index (Phi) is 4.03. The zero-order valence-electron chi connectivity index (χ0n) is 14.6. The second-order valence-corrected chi connectivity index (χ2v) is 6.88. The average Bonchev–Trinajstić information content (AvgIpc) is 3.32. The number of hydrogen-bond donors (Lipinski definition) is 1. The number of nitrogens with zero attached hydrogens (tertiary/aromatic N) is 6. The lowest BCUT2D eigenvalue weighted by Gasteiger charge is -2.40. The van der Waals surface area contributed by atoms with Gasteiger partial charge in [-0.3, -0.25) is 9.48 Å². The van der Waals surface area contributed by atoms with Gasteiger partial charge in [0.15, 0.2) is 0 Å². The molecule has 0 spiro atoms.